The summed E-state index contributed by atoms with van der Waals surface area (Å²) in [7, 11) is -13.3. The normalized spacial score (nSPS) is 13.4. The van der Waals surface area contributed by atoms with Crippen molar-refractivity contribution < 1.29 is 56.8 Å². The Bertz CT molecular complexity index is 4640. The number of para-hydroxylation sites is 7. The number of hydrogen-bond acceptors (Lipinski definition) is 12. The molecule has 12 nitrogen and oxygen atoms in total. The smallest absolute Gasteiger partial charge is 0.284 e. The highest BCUT2D eigenvalue weighted by atomic mass is 31.2. The number of phenolic OH excluding ortho intramolecular Hbond substituents is 4. The van der Waals surface area contributed by atoms with Gasteiger partial charge in [0.15, 0.2) is 0 Å². The maximum Gasteiger partial charge on any atom is 0.284 e. The van der Waals surface area contributed by atoms with Crippen LogP contribution in [0.15, 0.2) is 328 Å². The highest BCUT2D eigenvalue weighted by Gasteiger charge is 2.41. The molecule has 0 saturated heterocycles. The fourth-order valence-electron chi connectivity index (χ4n) is 11.3. The van der Waals surface area contributed by atoms with Crippen LogP contribution in [0.25, 0.3) is 0 Å². The van der Waals surface area contributed by atoms with E-state index in [1.165, 1.54) is 0 Å². The summed E-state index contributed by atoms with van der Waals surface area (Å²) in [4.78, 5) is 0. The second kappa shape index (κ2) is 50.1. The highest BCUT2D eigenvalue weighted by Crippen LogP contribution is 2.63. The van der Waals surface area contributed by atoms with Crippen molar-refractivity contribution in [2.75, 3.05) is 0 Å². The number of aryl methyl sites for hydroxylation is 1. The Kier molecular flexibility index (Phi) is 43.1. The molecule has 0 spiro atoms. The molecule has 0 amide bonds. The second-order valence-electron chi connectivity index (χ2n) is 25.2. The molecule has 602 valence electrons. The zero-order valence-electron chi connectivity index (χ0n) is 69.8. The molecule has 0 fully saturated rings. The third-order valence-corrected chi connectivity index (χ3v) is 28.5. The van der Waals surface area contributed by atoms with Gasteiger partial charge in [-0.15, -0.1) is 0 Å². The van der Waals surface area contributed by atoms with Gasteiger partial charge in [-0.05, 0) is 166 Å². The lowest BCUT2D eigenvalue weighted by Crippen LogP contribution is -2.16. The maximum absolute atomic E-state index is 14.3. The van der Waals surface area contributed by atoms with Crippen LogP contribution in [0.3, 0.4) is 0 Å². The van der Waals surface area contributed by atoms with Crippen LogP contribution in [-0.4, -0.2) is 20.4 Å². The molecule has 16 heteroatoms. The molecule has 0 aliphatic heterocycles. The SMILES string of the molecule is CC.CC.CC.CC.CC.CC.CC(c1cc(C(C)(C)C)ccc1O)P(=O)(Oc1ccccc1)c1ccccc1.CC(c1ccccc1O)P(=O)(Oc1ccccc1)c1ccccc1.CC(c1ccccc1O)P(=O)(Oc1ccccc1)c1ccccc1.Cc1cccc(C(C)P(=O)(Oc2ccccc2)c2ccccc2)c1O. The van der Waals surface area contributed by atoms with Gasteiger partial charge in [0.2, 0.25) is 0 Å². The molecule has 12 rings (SSSR count). The Hall–Kier alpha value is -10.0. The van der Waals surface area contributed by atoms with Gasteiger partial charge in [-0.1, -0.05) is 316 Å². The van der Waals surface area contributed by atoms with Gasteiger partial charge in [-0.25, -0.2) is 0 Å². The van der Waals surface area contributed by atoms with E-state index in [-0.39, 0.29) is 28.4 Å². The molecule has 8 unspecified atom stereocenters. The third kappa shape index (κ3) is 27.4. The van der Waals surface area contributed by atoms with Gasteiger partial charge < -0.3 is 38.5 Å². The van der Waals surface area contributed by atoms with Gasteiger partial charge >= 0.3 is 0 Å². The quantitative estimate of drug-likeness (QED) is 0.0530. The summed E-state index contributed by atoms with van der Waals surface area (Å²) in [6.45, 7) is 39.5. The number of benzene rings is 12. The molecule has 0 radical (unpaired) electrons. The summed E-state index contributed by atoms with van der Waals surface area (Å²) in [5, 5.41) is 43.9. The van der Waals surface area contributed by atoms with E-state index in [0.717, 1.165) is 11.1 Å². The summed E-state index contributed by atoms with van der Waals surface area (Å²) in [5.41, 5.74) is 2.25. The molecule has 0 aromatic heterocycles. The van der Waals surface area contributed by atoms with E-state index in [4.69, 9.17) is 18.1 Å². The molecular formula is C97H122O12P4. The minimum Gasteiger partial charge on any atom is -0.508 e. The van der Waals surface area contributed by atoms with Crippen molar-refractivity contribution in [1.82, 2.24) is 0 Å². The molecule has 12 aromatic rings. The lowest BCUT2D eigenvalue weighted by atomic mass is 9.86. The second-order valence-corrected chi connectivity index (χ2v) is 35.9. The zero-order valence-corrected chi connectivity index (χ0v) is 73.4. The van der Waals surface area contributed by atoms with E-state index in [2.05, 4.69) is 20.8 Å². The van der Waals surface area contributed by atoms with E-state index < -0.39 is 52.1 Å². The Labute approximate surface area is 676 Å². The minimum atomic E-state index is -3.37. The lowest BCUT2D eigenvalue weighted by Gasteiger charge is -2.28. The fourth-order valence-corrected chi connectivity index (χ4v) is 20.6. The van der Waals surface area contributed by atoms with Crippen LogP contribution in [0.2, 0.25) is 0 Å². The first-order chi connectivity index (χ1) is 54.5. The summed E-state index contributed by atoms with van der Waals surface area (Å²) in [5.74, 6) is 2.74. The predicted octanol–water partition coefficient (Wildman–Crippen LogP) is 28.3. The van der Waals surface area contributed by atoms with Gasteiger partial charge in [0.1, 0.15) is 46.0 Å². The number of aromatic hydroxyl groups is 4. The van der Waals surface area contributed by atoms with Crippen molar-refractivity contribution in [3.8, 4) is 46.0 Å². The fraction of sp³-hybridized carbons (Fsp3) is 0.258. The molecule has 4 N–H and O–H groups in total. The first-order valence-corrected chi connectivity index (χ1v) is 46.0. The lowest BCUT2D eigenvalue weighted by molar-refractivity contribution is 0.455. The third-order valence-electron chi connectivity index (χ3n) is 17.3. The van der Waals surface area contributed by atoms with Crippen LogP contribution in [0.1, 0.15) is 188 Å². The minimum absolute atomic E-state index is 0.0841. The van der Waals surface area contributed by atoms with Gasteiger partial charge in [0, 0.05) is 43.5 Å². The average molecular weight is 1600 g/mol. The van der Waals surface area contributed by atoms with E-state index in [1.54, 1.807) is 121 Å². The van der Waals surface area contributed by atoms with Crippen molar-refractivity contribution in [2.24, 2.45) is 0 Å². The Balaban J connectivity index is 0.000000373. The van der Waals surface area contributed by atoms with E-state index in [1.807, 2.05) is 324 Å². The van der Waals surface area contributed by atoms with Crippen LogP contribution in [-0.2, 0) is 23.7 Å². The van der Waals surface area contributed by atoms with Gasteiger partial charge in [-0.3, -0.25) is 18.3 Å². The standard InChI is InChI=1S/C24H27O3P.C21H21O3P.2C20H19O3P.6C2H6/c1-18(22-17-19(24(2,3)4)15-16-23(22)25)28(26,21-13-9-6-10-14-21)27-20-11-7-5-8-12-20;1-16-10-9-15-20(21(16)22)17(2)25(23,19-13-7-4-8-14-19)24-18-11-5-3-6-12-18;2*1-16(19-14-8-9-15-20(19)21)24(22,18-12-6-3-7-13-18)23-17-10-4-2-5-11-17;6*1-2/h5-18,25H,1-4H3;3-15,17,22H,1-2H3;2*2-16,21H,1H3;6*1-2H3. The number of phenols is 4. The zero-order chi connectivity index (χ0) is 84.2. The van der Waals surface area contributed by atoms with Crippen molar-refractivity contribution in [3.05, 3.63) is 361 Å². The van der Waals surface area contributed by atoms with Crippen molar-refractivity contribution in [1.29, 1.82) is 0 Å². The van der Waals surface area contributed by atoms with Gasteiger partial charge in [0.05, 0.1) is 22.6 Å². The molecular weight excluding hydrogens is 1480 g/mol. The average Bonchev–Trinajstić information content (AvgIpc) is 0.793. The van der Waals surface area contributed by atoms with Crippen LogP contribution in [0, 0.1) is 6.92 Å². The monoisotopic (exact) mass is 1600 g/mol. The first-order valence-electron chi connectivity index (χ1n) is 39.2. The number of rotatable bonds is 20. The van der Waals surface area contributed by atoms with E-state index >= 15 is 0 Å². The Morgan fingerprint density at radius 3 is 0.726 bits per heavy atom. The maximum atomic E-state index is 14.3. The molecule has 0 saturated carbocycles. The predicted molar refractivity (Wildman–Crippen MR) is 481 cm³/mol. The van der Waals surface area contributed by atoms with Crippen LogP contribution in [0.5, 0.6) is 46.0 Å². The van der Waals surface area contributed by atoms with E-state index in [0.29, 0.717) is 66.5 Å². The van der Waals surface area contributed by atoms with Gasteiger partial charge in [-0.2, -0.15) is 0 Å². The largest absolute Gasteiger partial charge is 0.508 e. The molecule has 0 aliphatic rings. The van der Waals surface area contributed by atoms with Crippen molar-refractivity contribution >= 4 is 50.7 Å². The van der Waals surface area contributed by atoms with E-state index in [9.17, 15) is 38.7 Å². The number of hydrogen-bond donors (Lipinski definition) is 4. The molecule has 12 aromatic carbocycles. The Morgan fingerprint density at radius 2 is 0.469 bits per heavy atom. The summed E-state index contributed by atoms with van der Waals surface area (Å²) >= 11 is 0. The molecule has 0 bridgehead atoms. The molecule has 113 heavy (non-hydrogen) atoms. The summed E-state index contributed by atoms with van der Waals surface area (Å²) in [6.07, 6.45) is 0. The van der Waals surface area contributed by atoms with Crippen LogP contribution < -0.4 is 39.3 Å². The molecule has 0 aliphatic carbocycles. The van der Waals surface area contributed by atoms with Crippen LogP contribution >= 0.6 is 29.5 Å². The van der Waals surface area contributed by atoms with Crippen molar-refractivity contribution in [2.45, 2.75) is 167 Å². The summed E-state index contributed by atoms with van der Waals surface area (Å²) < 4.78 is 80.3. The van der Waals surface area contributed by atoms with Crippen LogP contribution in [0.4, 0.5) is 0 Å². The first kappa shape index (κ1) is 97.2. The molecule has 0 heterocycles. The topological polar surface area (TPSA) is 186 Å². The van der Waals surface area contributed by atoms with Gasteiger partial charge in [0.25, 0.3) is 29.5 Å². The Morgan fingerprint density at radius 1 is 0.257 bits per heavy atom. The van der Waals surface area contributed by atoms with Crippen molar-refractivity contribution in [3.63, 3.8) is 0 Å². The molecule has 8 atom stereocenters. The summed E-state index contributed by atoms with van der Waals surface area (Å²) in [6, 6.07) is 98.4. The highest BCUT2D eigenvalue weighted by molar-refractivity contribution is 7.68.